The van der Waals surface area contributed by atoms with Crippen LogP contribution in [-0.4, -0.2) is 66.2 Å². The molecule has 12 heteroatoms. The molecule has 0 saturated carbocycles. The largest absolute Gasteiger partial charge is 0.352 e. The topological polar surface area (TPSA) is 98.8 Å². The van der Waals surface area contributed by atoms with Crippen LogP contribution in [0, 0.1) is 0 Å². The molecule has 0 aliphatic carbocycles. The Morgan fingerprint density at radius 2 is 1.06 bits per heavy atom. The number of carbonyl (C=O) groups is 4. The number of hydrogen-bond acceptors (Lipinski definition) is 8. The lowest BCUT2D eigenvalue weighted by molar-refractivity contribution is -0.125. The van der Waals surface area contributed by atoms with Gasteiger partial charge in [-0.05, 0) is 54.4 Å². The average Bonchev–Trinajstić information content (AvgIpc) is 3.09. The summed E-state index contributed by atoms with van der Waals surface area (Å²) in [6.07, 6.45) is 1.46. The van der Waals surface area contributed by atoms with Crippen molar-refractivity contribution in [1.82, 2.24) is 20.4 Å². The molecule has 0 bridgehead atoms. The second-order valence-electron chi connectivity index (χ2n) is 10.1. The molecule has 2 aliphatic heterocycles. The van der Waals surface area contributed by atoms with Gasteiger partial charge in [-0.2, -0.15) is 0 Å². The minimum atomic E-state index is -0.337. The molecule has 2 rings (SSSR count). The molecule has 0 aromatic heterocycles. The maximum atomic E-state index is 13.0. The zero-order valence-electron chi connectivity index (χ0n) is 20.4. The Morgan fingerprint density at radius 3 is 1.35 bits per heavy atom. The van der Waals surface area contributed by atoms with Crippen LogP contribution in [0.1, 0.15) is 67.2 Å². The lowest BCUT2D eigenvalue weighted by Crippen LogP contribution is -2.41. The average molecular weight is 545 g/mol. The van der Waals surface area contributed by atoms with Crippen molar-refractivity contribution in [3.8, 4) is 0 Å². The van der Waals surface area contributed by atoms with Gasteiger partial charge in [0.05, 0.1) is 9.81 Å². The minimum absolute atomic E-state index is 0.0880. The fourth-order valence-corrected chi connectivity index (χ4v) is 5.98. The normalized spacial score (nSPS) is 19.4. The molecular formula is C22H32N4O4S4. The van der Waals surface area contributed by atoms with Gasteiger partial charge in [0, 0.05) is 37.0 Å². The van der Waals surface area contributed by atoms with Crippen molar-refractivity contribution in [3.63, 3.8) is 0 Å². The van der Waals surface area contributed by atoms with Crippen LogP contribution in [0.25, 0.3) is 0 Å². The number of thioether (sulfide) groups is 2. The molecule has 2 saturated heterocycles. The van der Waals surface area contributed by atoms with Gasteiger partial charge in [-0.1, -0.05) is 48.0 Å². The monoisotopic (exact) mass is 544 g/mol. The summed E-state index contributed by atoms with van der Waals surface area (Å²) in [7, 11) is 0. The standard InChI is InChI=1S/C22H32N4O4S4/c1-21(2,3)23-13(27)9-7-11-25-17(29)15(33-19(25)31)16-18(30)26(20(32)34-16)12-8-10-14(28)24-22(4,5)6/h7-12H2,1-6H3,(H,23,27)(H,24,28)/b16-15+. The predicted molar refractivity (Wildman–Crippen MR) is 145 cm³/mol. The fraction of sp³-hybridized carbons (Fsp3) is 0.636. The van der Waals surface area contributed by atoms with Crippen molar-refractivity contribution in [1.29, 1.82) is 0 Å². The molecule has 2 N–H and O–H groups in total. The predicted octanol–water partition coefficient (Wildman–Crippen LogP) is 3.31. The Morgan fingerprint density at radius 1 is 0.735 bits per heavy atom. The van der Waals surface area contributed by atoms with E-state index in [4.69, 9.17) is 24.4 Å². The number of nitrogens with one attached hydrogen (secondary N) is 2. The van der Waals surface area contributed by atoms with E-state index in [0.29, 0.717) is 34.6 Å². The van der Waals surface area contributed by atoms with E-state index in [0.717, 1.165) is 23.5 Å². The summed E-state index contributed by atoms with van der Waals surface area (Å²) < 4.78 is 0.723. The Hall–Kier alpha value is -1.50. The number of nitrogens with zero attached hydrogens (tertiary/aromatic N) is 2. The Labute approximate surface area is 220 Å². The molecule has 0 radical (unpaired) electrons. The highest BCUT2D eigenvalue weighted by atomic mass is 32.2. The zero-order chi connectivity index (χ0) is 25.8. The molecule has 34 heavy (non-hydrogen) atoms. The van der Waals surface area contributed by atoms with Gasteiger partial charge in [-0.25, -0.2) is 0 Å². The van der Waals surface area contributed by atoms with Crippen LogP contribution in [0.4, 0.5) is 0 Å². The van der Waals surface area contributed by atoms with Crippen LogP contribution < -0.4 is 10.6 Å². The van der Waals surface area contributed by atoms with Gasteiger partial charge in [0.2, 0.25) is 11.8 Å². The first kappa shape index (κ1) is 28.7. The molecule has 2 heterocycles. The van der Waals surface area contributed by atoms with E-state index in [1.165, 1.54) is 9.80 Å². The maximum absolute atomic E-state index is 13.0. The molecule has 2 fully saturated rings. The van der Waals surface area contributed by atoms with Gasteiger partial charge in [-0.15, -0.1) is 0 Å². The van der Waals surface area contributed by atoms with E-state index in [1.54, 1.807) is 0 Å². The highest BCUT2D eigenvalue weighted by Gasteiger charge is 2.41. The van der Waals surface area contributed by atoms with Crippen LogP contribution in [-0.2, 0) is 19.2 Å². The number of hydrogen-bond donors (Lipinski definition) is 2. The van der Waals surface area contributed by atoms with E-state index in [1.807, 2.05) is 41.5 Å². The lowest BCUT2D eigenvalue weighted by atomic mass is 10.1. The Kier molecular flexibility index (Phi) is 9.71. The summed E-state index contributed by atoms with van der Waals surface area (Å²) in [5.74, 6) is -0.849. The first-order chi connectivity index (χ1) is 15.6. The van der Waals surface area contributed by atoms with Crippen molar-refractivity contribution in [2.45, 2.75) is 78.3 Å². The van der Waals surface area contributed by atoms with Gasteiger partial charge >= 0.3 is 0 Å². The highest BCUT2D eigenvalue weighted by Crippen LogP contribution is 2.42. The van der Waals surface area contributed by atoms with E-state index in [2.05, 4.69) is 10.6 Å². The molecule has 0 unspecified atom stereocenters. The quantitative estimate of drug-likeness (QED) is 0.355. The summed E-state index contributed by atoms with van der Waals surface area (Å²) in [6, 6.07) is 0. The second kappa shape index (κ2) is 11.5. The Bertz CT molecular complexity index is 860. The van der Waals surface area contributed by atoms with Gasteiger partial charge in [0.25, 0.3) is 11.8 Å². The molecule has 8 nitrogen and oxygen atoms in total. The molecule has 0 spiro atoms. The van der Waals surface area contributed by atoms with E-state index in [-0.39, 0.29) is 57.4 Å². The van der Waals surface area contributed by atoms with Crippen molar-refractivity contribution in [2.75, 3.05) is 13.1 Å². The van der Waals surface area contributed by atoms with Gasteiger partial charge in [-0.3, -0.25) is 29.0 Å². The van der Waals surface area contributed by atoms with Gasteiger partial charge < -0.3 is 10.6 Å². The van der Waals surface area contributed by atoms with Crippen molar-refractivity contribution >= 4 is 80.2 Å². The highest BCUT2D eigenvalue weighted by molar-refractivity contribution is 8.29. The number of carbonyl (C=O) groups excluding carboxylic acids is 4. The smallest absolute Gasteiger partial charge is 0.267 e. The SMILES string of the molecule is CC(C)(C)NC(=O)CCCN1C(=O)/C(=C2\SC(=S)N(CCCC(=O)NC(C)(C)C)C2=O)SC1=S. The second-order valence-corrected chi connectivity index (χ2v) is 13.4. The van der Waals surface area contributed by atoms with Gasteiger partial charge in [0.1, 0.15) is 8.64 Å². The first-order valence-corrected chi connectivity index (χ1v) is 13.5. The third-order valence-corrected chi connectivity index (χ3v) is 7.53. The number of thiocarbonyl (C=S) groups is 2. The van der Waals surface area contributed by atoms with E-state index >= 15 is 0 Å². The van der Waals surface area contributed by atoms with E-state index in [9.17, 15) is 19.2 Å². The fourth-order valence-electron chi connectivity index (χ4n) is 3.21. The molecule has 0 aromatic rings. The summed E-state index contributed by atoms with van der Waals surface area (Å²) in [5.41, 5.74) is -0.631. The van der Waals surface area contributed by atoms with Gasteiger partial charge in [0.15, 0.2) is 0 Å². The first-order valence-electron chi connectivity index (χ1n) is 11.0. The van der Waals surface area contributed by atoms with Crippen LogP contribution in [0.3, 0.4) is 0 Å². The van der Waals surface area contributed by atoms with E-state index < -0.39 is 0 Å². The molecule has 2 aliphatic rings. The third-order valence-electron chi connectivity index (χ3n) is 4.50. The Balaban J connectivity index is 1.95. The summed E-state index contributed by atoms with van der Waals surface area (Å²) in [4.78, 5) is 53.4. The minimum Gasteiger partial charge on any atom is -0.352 e. The molecule has 0 atom stereocenters. The summed E-state index contributed by atoms with van der Waals surface area (Å²) in [5, 5.41) is 5.78. The third kappa shape index (κ3) is 8.31. The maximum Gasteiger partial charge on any atom is 0.267 e. The van der Waals surface area contributed by atoms with Crippen LogP contribution in [0.2, 0.25) is 0 Å². The van der Waals surface area contributed by atoms with Crippen molar-refractivity contribution in [2.24, 2.45) is 0 Å². The van der Waals surface area contributed by atoms with Crippen LogP contribution >= 0.6 is 48.0 Å². The molecule has 4 amide bonds. The summed E-state index contributed by atoms with van der Waals surface area (Å²) in [6.45, 7) is 12.0. The van der Waals surface area contributed by atoms with Crippen molar-refractivity contribution in [3.05, 3.63) is 9.81 Å². The zero-order valence-corrected chi connectivity index (χ0v) is 23.7. The van der Waals surface area contributed by atoms with Crippen LogP contribution in [0.5, 0.6) is 0 Å². The molecule has 0 aromatic carbocycles. The van der Waals surface area contributed by atoms with Crippen molar-refractivity contribution < 1.29 is 19.2 Å². The molecular weight excluding hydrogens is 513 g/mol. The van der Waals surface area contributed by atoms with Crippen LogP contribution in [0.15, 0.2) is 9.81 Å². The summed E-state index contributed by atoms with van der Waals surface area (Å²) >= 11 is 12.9. The molecule has 188 valence electrons. The lowest BCUT2D eigenvalue weighted by Gasteiger charge is -2.21. The number of rotatable bonds is 8. The number of amides is 4.